The molecule has 0 spiro atoms. The molecule has 0 amide bonds. The molecule has 0 bridgehead atoms. The van der Waals surface area contributed by atoms with E-state index in [1.807, 2.05) is 12.3 Å². The van der Waals surface area contributed by atoms with Gasteiger partial charge in [-0.3, -0.25) is 0 Å². The maximum Gasteiger partial charge on any atom is 0.189 e. The fraction of sp³-hybridized carbons (Fsp3) is 0.364. The largest absolute Gasteiger partial charge is 0.369 e. The molecule has 4 nitrogen and oxygen atoms in total. The topological polar surface area (TPSA) is 61.6 Å². The highest BCUT2D eigenvalue weighted by Crippen LogP contribution is 2.17. The molecule has 5 heteroatoms. The minimum atomic E-state index is 0.729. The average molecular weight is 234 g/mol. The number of hydrogen-bond donors (Lipinski definition) is 1. The van der Waals surface area contributed by atoms with Crippen molar-refractivity contribution in [2.45, 2.75) is 18.5 Å². The Bertz CT molecular complexity index is 409. The number of nitrogens with zero attached hydrogens (tertiary/aromatic N) is 3. The summed E-state index contributed by atoms with van der Waals surface area (Å²) in [6.07, 6.45) is 7.82. The SMILES string of the molecule is CCCNc1nc(SC)ncc1/C=C/C#N. The van der Waals surface area contributed by atoms with Crippen molar-refractivity contribution in [2.24, 2.45) is 0 Å². The van der Waals surface area contributed by atoms with Crippen molar-refractivity contribution in [1.82, 2.24) is 9.97 Å². The molecule has 0 saturated carbocycles. The maximum absolute atomic E-state index is 8.49. The molecule has 1 heterocycles. The van der Waals surface area contributed by atoms with Crippen LogP contribution < -0.4 is 5.32 Å². The average Bonchev–Trinajstić information content (AvgIpc) is 2.34. The van der Waals surface area contributed by atoms with E-state index in [1.54, 1.807) is 12.3 Å². The van der Waals surface area contributed by atoms with Crippen LogP contribution in [0.3, 0.4) is 0 Å². The number of nitrogens with one attached hydrogen (secondary N) is 1. The normalized spacial score (nSPS) is 10.3. The van der Waals surface area contributed by atoms with E-state index < -0.39 is 0 Å². The molecule has 16 heavy (non-hydrogen) atoms. The van der Waals surface area contributed by atoms with E-state index in [0.29, 0.717) is 0 Å². The maximum atomic E-state index is 8.49. The minimum Gasteiger partial charge on any atom is -0.369 e. The zero-order chi connectivity index (χ0) is 11.8. The van der Waals surface area contributed by atoms with Gasteiger partial charge in [-0.1, -0.05) is 18.7 Å². The molecular weight excluding hydrogens is 220 g/mol. The molecule has 1 aromatic heterocycles. The van der Waals surface area contributed by atoms with Gasteiger partial charge in [-0.05, 0) is 18.8 Å². The molecule has 0 atom stereocenters. The van der Waals surface area contributed by atoms with Gasteiger partial charge in [0, 0.05) is 24.4 Å². The summed E-state index contributed by atoms with van der Waals surface area (Å²) in [5.74, 6) is 0.785. The van der Waals surface area contributed by atoms with Crippen molar-refractivity contribution in [3.05, 3.63) is 17.8 Å². The Balaban J connectivity index is 2.97. The first-order valence-corrected chi connectivity index (χ1v) is 6.25. The Hall–Kier alpha value is -1.54. The molecule has 1 aromatic rings. The number of hydrogen-bond acceptors (Lipinski definition) is 5. The molecule has 0 fully saturated rings. The number of nitriles is 1. The Morgan fingerprint density at radius 2 is 2.44 bits per heavy atom. The van der Waals surface area contributed by atoms with Crippen LogP contribution in [0.4, 0.5) is 5.82 Å². The van der Waals surface area contributed by atoms with Crippen LogP contribution in [-0.2, 0) is 0 Å². The Kier molecular flexibility index (Phi) is 5.37. The van der Waals surface area contributed by atoms with Crippen LogP contribution in [0.2, 0.25) is 0 Å². The van der Waals surface area contributed by atoms with Crippen molar-refractivity contribution in [2.75, 3.05) is 18.1 Å². The van der Waals surface area contributed by atoms with Crippen molar-refractivity contribution in [3.63, 3.8) is 0 Å². The zero-order valence-corrected chi connectivity index (χ0v) is 10.2. The third-order valence-electron chi connectivity index (χ3n) is 1.86. The Labute approximate surface area is 99.8 Å². The van der Waals surface area contributed by atoms with E-state index in [0.717, 1.165) is 29.5 Å². The number of rotatable bonds is 5. The summed E-state index contributed by atoms with van der Waals surface area (Å²) in [5.41, 5.74) is 0.841. The second kappa shape index (κ2) is 6.85. The third-order valence-corrected chi connectivity index (χ3v) is 2.42. The molecule has 1 rings (SSSR count). The highest BCUT2D eigenvalue weighted by Gasteiger charge is 2.03. The van der Waals surface area contributed by atoms with Gasteiger partial charge in [-0.2, -0.15) is 5.26 Å². The highest BCUT2D eigenvalue weighted by molar-refractivity contribution is 7.98. The second-order valence-electron chi connectivity index (χ2n) is 3.05. The molecule has 84 valence electrons. The fourth-order valence-corrected chi connectivity index (χ4v) is 1.45. The molecule has 0 unspecified atom stereocenters. The van der Waals surface area contributed by atoms with Crippen LogP contribution in [-0.4, -0.2) is 22.8 Å². The first-order chi connectivity index (χ1) is 7.81. The van der Waals surface area contributed by atoms with E-state index in [4.69, 9.17) is 5.26 Å². The second-order valence-corrected chi connectivity index (χ2v) is 3.82. The number of thioether (sulfide) groups is 1. The summed E-state index contributed by atoms with van der Waals surface area (Å²) in [6.45, 7) is 2.95. The van der Waals surface area contributed by atoms with Crippen LogP contribution in [0.25, 0.3) is 6.08 Å². The summed E-state index contributed by atoms with van der Waals surface area (Å²) < 4.78 is 0. The van der Waals surface area contributed by atoms with Gasteiger partial charge in [0.1, 0.15) is 5.82 Å². The predicted molar refractivity (Wildman–Crippen MR) is 67.2 cm³/mol. The molecule has 0 saturated heterocycles. The van der Waals surface area contributed by atoms with Crippen molar-refractivity contribution in [3.8, 4) is 6.07 Å². The van der Waals surface area contributed by atoms with Crippen LogP contribution in [0.1, 0.15) is 18.9 Å². The van der Waals surface area contributed by atoms with Gasteiger partial charge in [0.05, 0.1) is 6.07 Å². The summed E-state index contributed by atoms with van der Waals surface area (Å²) in [6, 6.07) is 1.96. The first kappa shape index (κ1) is 12.5. The van der Waals surface area contributed by atoms with Gasteiger partial charge in [0.2, 0.25) is 0 Å². The standard InChI is InChI=1S/C11H14N4S/c1-3-7-13-10-9(5-4-6-12)8-14-11(15-10)16-2/h4-5,8H,3,7H2,1-2H3,(H,13,14,15)/b5-4+. The van der Waals surface area contributed by atoms with Gasteiger partial charge < -0.3 is 5.32 Å². The van der Waals surface area contributed by atoms with Gasteiger partial charge in [0.25, 0.3) is 0 Å². The Morgan fingerprint density at radius 1 is 1.62 bits per heavy atom. The first-order valence-electron chi connectivity index (χ1n) is 5.03. The number of aromatic nitrogens is 2. The third kappa shape index (κ3) is 3.55. The lowest BCUT2D eigenvalue weighted by atomic mass is 10.3. The molecule has 0 aliphatic rings. The van der Waals surface area contributed by atoms with E-state index in [-0.39, 0.29) is 0 Å². The zero-order valence-electron chi connectivity index (χ0n) is 9.40. The van der Waals surface area contributed by atoms with Crippen molar-refractivity contribution >= 4 is 23.7 Å². The summed E-state index contributed by atoms with van der Waals surface area (Å²) in [4.78, 5) is 8.53. The van der Waals surface area contributed by atoms with E-state index in [2.05, 4.69) is 22.2 Å². The predicted octanol–water partition coefficient (Wildman–Crippen LogP) is 2.56. The van der Waals surface area contributed by atoms with Crippen LogP contribution in [0, 0.1) is 11.3 Å². The van der Waals surface area contributed by atoms with Crippen LogP contribution in [0.5, 0.6) is 0 Å². The van der Waals surface area contributed by atoms with Gasteiger partial charge in [-0.15, -0.1) is 0 Å². The molecule has 0 aromatic carbocycles. The number of allylic oxidation sites excluding steroid dienone is 1. The smallest absolute Gasteiger partial charge is 0.189 e. The van der Waals surface area contributed by atoms with Crippen LogP contribution in [0.15, 0.2) is 17.4 Å². The van der Waals surface area contributed by atoms with Gasteiger partial charge in [-0.25, -0.2) is 9.97 Å². The summed E-state index contributed by atoms with van der Waals surface area (Å²) in [7, 11) is 0. The lowest BCUT2D eigenvalue weighted by molar-refractivity contribution is 0.923. The molecule has 1 N–H and O–H groups in total. The highest BCUT2D eigenvalue weighted by atomic mass is 32.2. The van der Waals surface area contributed by atoms with E-state index in [1.165, 1.54) is 17.8 Å². The lowest BCUT2D eigenvalue weighted by Gasteiger charge is -2.07. The van der Waals surface area contributed by atoms with E-state index in [9.17, 15) is 0 Å². The minimum absolute atomic E-state index is 0.729. The van der Waals surface area contributed by atoms with Gasteiger partial charge in [0.15, 0.2) is 5.16 Å². The van der Waals surface area contributed by atoms with Crippen molar-refractivity contribution in [1.29, 1.82) is 5.26 Å². The van der Waals surface area contributed by atoms with Crippen molar-refractivity contribution < 1.29 is 0 Å². The molecule has 0 radical (unpaired) electrons. The van der Waals surface area contributed by atoms with E-state index >= 15 is 0 Å². The summed E-state index contributed by atoms with van der Waals surface area (Å²) >= 11 is 1.50. The molecule has 0 aliphatic heterocycles. The fourth-order valence-electron chi connectivity index (χ4n) is 1.11. The number of anilines is 1. The summed E-state index contributed by atoms with van der Waals surface area (Å²) in [5, 5.41) is 12.4. The monoisotopic (exact) mass is 234 g/mol. The Morgan fingerprint density at radius 3 is 3.06 bits per heavy atom. The van der Waals surface area contributed by atoms with Crippen LogP contribution >= 0.6 is 11.8 Å². The molecule has 0 aliphatic carbocycles. The lowest BCUT2D eigenvalue weighted by Crippen LogP contribution is -2.05. The molecular formula is C11H14N4S. The van der Waals surface area contributed by atoms with Gasteiger partial charge >= 0.3 is 0 Å². The quantitative estimate of drug-likeness (QED) is 0.482.